The van der Waals surface area contributed by atoms with Gasteiger partial charge in [-0.1, -0.05) is 30.2 Å². The molecule has 164 valence electrons. The number of benzene rings is 1. The van der Waals surface area contributed by atoms with E-state index in [1.807, 2.05) is 41.1 Å². The number of carbonyl (C=O) groups is 1. The summed E-state index contributed by atoms with van der Waals surface area (Å²) in [5.41, 5.74) is 2.61. The molecule has 31 heavy (non-hydrogen) atoms. The summed E-state index contributed by atoms with van der Waals surface area (Å²) in [4.78, 5) is 20.6. The molecule has 0 aromatic heterocycles. The average Bonchev–Trinajstić information content (AvgIpc) is 3.28. The smallest absolute Gasteiger partial charge is 0.304 e. The van der Waals surface area contributed by atoms with Gasteiger partial charge in [-0.15, -0.1) is 0 Å². The summed E-state index contributed by atoms with van der Waals surface area (Å²) >= 11 is 6.48. The van der Waals surface area contributed by atoms with E-state index in [1.165, 1.54) is 25.6 Å². The minimum absolute atomic E-state index is 0.188. The van der Waals surface area contributed by atoms with E-state index in [0.29, 0.717) is 34.6 Å². The van der Waals surface area contributed by atoms with Crippen LogP contribution < -0.4 is 4.74 Å². The lowest BCUT2D eigenvalue weighted by Gasteiger charge is -2.43. The Morgan fingerprint density at radius 1 is 1.16 bits per heavy atom. The van der Waals surface area contributed by atoms with Crippen molar-refractivity contribution in [2.75, 3.05) is 6.73 Å². The third kappa shape index (κ3) is 4.46. The number of hydrogen-bond acceptors (Lipinski definition) is 4. The number of nitrogens with zero attached hydrogens (tertiary/aromatic N) is 4. The van der Waals surface area contributed by atoms with Gasteiger partial charge in [-0.3, -0.25) is 0 Å². The third-order valence-corrected chi connectivity index (χ3v) is 7.03. The molecule has 1 amide bonds. The molecule has 1 atom stereocenters. The van der Waals surface area contributed by atoms with Gasteiger partial charge in [0.2, 0.25) is 6.73 Å². The Morgan fingerprint density at radius 3 is 2.58 bits per heavy atom. The highest BCUT2D eigenvalue weighted by atomic mass is 35.5. The Labute approximate surface area is 188 Å². The number of ether oxygens (including phenoxy) is 1. The number of hydrogen-bond donors (Lipinski definition) is 0. The third-order valence-electron chi connectivity index (χ3n) is 6.63. The lowest BCUT2D eigenvalue weighted by molar-refractivity contribution is -0.907. The SMILES string of the molecule is CC(C)[N+](C=O)(COc1ccc(Cn2ccc3ncnc-3c2Cl)cc1)C1CCCCC1. The number of rotatable bonds is 8. The number of halogens is 1. The topological polar surface area (TPSA) is 57.0 Å². The van der Waals surface area contributed by atoms with E-state index in [2.05, 4.69) is 23.8 Å². The molecule has 1 fully saturated rings. The highest BCUT2D eigenvalue weighted by molar-refractivity contribution is 6.32. The second-order valence-corrected chi connectivity index (χ2v) is 9.10. The zero-order chi connectivity index (χ0) is 21.8. The van der Waals surface area contributed by atoms with Crippen molar-refractivity contribution in [1.82, 2.24) is 14.5 Å². The Hall–Kier alpha value is -2.44. The molecule has 1 aromatic rings. The molecule has 2 aliphatic heterocycles. The molecule has 0 saturated heterocycles. The van der Waals surface area contributed by atoms with Crippen LogP contribution in [0.2, 0.25) is 5.15 Å². The van der Waals surface area contributed by atoms with Crippen LogP contribution in [0, 0.1) is 0 Å². The van der Waals surface area contributed by atoms with E-state index in [9.17, 15) is 4.79 Å². The second-order valence-electron chi connectivity index (χ2n) is 8.75. The Morgan fingerprint density at radius 2 is 1.90 bits per heavy atom. The highest BCUT2D eigenvalue weighted by Gasteiger charge is 2.41. The van der Waals surface area contributed by atoms with E-state index >= 15 is 0 Å². The first kappa shape index (κ1) is 21.8. The van der Waals surface area contributed by atoms with E-state index in [0.717, 1.165) is 36.3 Å². The zero-order valence-corrected chi connectivity index (χ0v) is 19.0. The maximum Gasteiger partial charge on any atom is 0.304 e. The van der Waals surface area contributed by atoms with Crippen molar-refractivity contribution >= 4 is 18.0 Å². The molecule has 1 aliphatic carbocycles. The molecule has 4 rings (SSSR count). The number of carbonyl (C=O) groups excluding carboxylic acids is 1. The van der Waals surface area contributed by atoms with Gasteiger partial charge in [0, 0.05) is 25.6 Å². The van der Waals surface area contributed by atoms with Gasteiger partial charge in [-0.05, 0) is 50.5 Å². The first-order valence-corrected chi connectivity index (χ1v) is 11.4. The number of pyridine rings is 1. The Balaban J connectivity index is 1.44. The number of fused-ring (bicyclic) bond motifs is 1. The van der Waals surface area contributed by atoms with E-state index in [4.69, 9.17) is 16.3 Å². The Bertz CT molecular complexity index is 982. The first-order chi connectivity index (χ1) is 15.0. The standard InChI is InChI=1S/C24H30ClN4O2/c1-18(2)29(16-30,20-6-4-3-5-7-20)17-31-21-10-8-19(9-11-21)14-28-13-12-22-23(24(28)25)27-15-26-22/h8-13,15-16,18,20H,3-7,14,17H2,1-2H3/q+1. The maximum atomic E-state index is 12.2. The fourth-order valence-electron chi connectivity index (χ4n) is 4.59. The number of aromatic nitrogens is 3. The van der Waals surface area contributed by atoms with Crippen LogP contribution in [-0.4, -0.2) is 44.2 Å². The minimum atomic E-state index is 0.188. The summed E-state index contributed by atoms with van der Waals surface area (Å²) in [7, 11) is 0. The van der Waals surface area contributed by atoms with Crippen LogP contribution in [0.3, 0.4) is 0 Å². The van der Waals surface area contributed by atoms with Crippen molar-refractivity contribution in [3.8, 4) is 17.1 Å². The van der Waals surface area contributed by atoms with Crippen LogP contribution in [0.15, 0.2) is 42.9 Å². The largest absolute Gasteiger partial charge is 0.445 e. The van der Waals surface area contributed by atoms with Crippen LogP contribution in [0.4, 0.5) is 0 Å². The number of amides is 1. The molecular weight excluding hydrogens is 412 g/mol. The predicted molar refractivity (Wildman–Crippen MR) is 121 cm³/mol. The van der Waals surface area contributed by atoms with Crippen molar-refractivity contribution in [3.63, 3.8) is 0 Å². The van der Waals surface area contributed by atoms with Gasteiger partial charge in [0.05, 0.1) is 17.8 Å². The Kier molecular flexibility index (Phi) is 6.58. The summed E-state index contributed by atoms with van der Waals surface area (Å²) in [5.74, 6) is 0.776. The summed E-state index contributed by atoms with van der Waals surface area (Å²) in [6.07, 6.45) is 10.4. The summed E-state index contributed by atoms with van der Waals surface area (Å²) < 4.78 is 8.46. The molecule has 1 unspecified atom stereocenters. The molecule has 0 N–H and O–H groups in total. The van der Waals surface area contributed by atoms with Crippen LogP contribution in [-0.2, 0) is 11.3 Å². The van der Waals surface area contributed by atoms with Gasteiger partial charge in [0.15, 0.2) is 0 Å². The van der Waals surface area contributed by atoms with Gasteiger partial charge in [-0.2, -0.15) is 0 Å². The van der Waals surface area contributed by atoms with Gasteiger partial charge in [-0.25, -0.2) is 19.2 Å². The first-order valence-electron chi connectivity index (χ1n) is 11.0. The van der Waals surface area contributed by atoms with E-state index in [1.54, 1.807) is 0 Å². The van der Waals surface area contributed by atoms with Gasteiger partial charge >= 0.3 is 6.41 Å². The molecule has 2 heterocycles. The van der Waals surface area contributed by atoms with Crippen molar-refractivity contribution in [2.24, 2.45) is 0 Å². The molecule has 0 spiro atoms. The number of quaternary nitrogens is 1. The second kappa shape index (κ2) is 9.37. The van der Waals surface area contributed by atoms with Crippen LogP contribution in [0.25, 0.3) is 11.4 Å². The lowest BCUT2D eigenvalue weighted by atomic mass is 9.92. The molecule has 1 aromatic carbocycles. The molecule has 0 bridgehead atoms. The van der Waals surface area contributed by atoms with Crippen molar-refractivity contribution in [2.45, 2.75) is 64.6 Å². The molecule has 1 saturated carbocycles. The zero-order valence-electron chi connectivity index (χ0n) is 18.2. The van der Waals surface area contributed by atoms with Gasteiger partial charge in [0.25, 0.3) is 0 Å². The molecule has 6 nitrogen and oxygen atoms in total. The normalized spacial score (nSPS) is 17.0. The van der Waals surface area contributed by atoms with Crippen molar-refractivity contribution < 1.29 is 14.0 Å². The van der Waals surface area contributed by atoms with Crippen LogP contribution in [0.5, 0.6) is 5.75 Å². The number of imidazole rings is 1. The quantitative estimate of drug-likeness (QED) is 0.210. The molecule has 7 heteroatoms. The predicted octanol–water partition coefficient (Wildman–Crippen LogP) is 5.14. The fraction of sp³-hybridized carbons (Fsp3) is 0.458. The monoisotopic (exact) mass is 441 g/mol. The highest BCUT2D eigenvalue weighted by Crippen LogP contribution is 2.31. The minimum Gasteiger partial charge on any atom is -0.445 e. The summed E-state index contributed by atoms with van der Waals surface area (Å²) in [6.45, 7) is 5.23. The maximum absolute atomic E-state index is 12.2. The molecule has 3 aliphatic rings. The van der Waals surface area contributed by atoms with E-state index < -0.39 is 0 Å². The van der Waals surface area contributed by atoms with Crippen molar-refractivity contribution in [1.29, 1.82) is 0 Å². The molecular formula is C24H30ClN4O2+. The summed E-state index contributed by atoms with van der Waals surface area (Å²) in [5, 5.41) is 0.577. The van der Waals surface area contributed by atoms with E-state index in [-0.39, 0.29) is 6.04 Å². The summed E-state index contributed by atoms with van der Waals surface area (Å²) in [6, 6.07) is 10.4. The average molecular weight is 442 g/mol. The lowest BCUT2D eigenvalue weighted by Crippen LogP contribution is -2.61. The van der Waals surface area contributed by atoms with Crippen LogP contribution in [0.1, 0.15) is 51.5 Å². The van der Waals surface area contributed by atoms with Gasteiger partial charge < -0.3 is 9.30 Å². The van der Waals surface area contributed by atoms with Gasteiger partial charge in [0.1, 0.15) is 22.9 Å². The molecule has 0 radical (unpaired) electrons. The van der Waals surface area contributed by atoms with Crippen LogP contribution >= 0.6 is 11.6 Å². The van der Waals surface area contributed by atoms with Crippen molar-refractivity contribution in [3.05, 3.63) is 53.6 Å². The fourth-order valence-corrected chi connectivity index (χ4v) is 4.85.